The zero-order valence-electron chi connectivity index (χ0n) is 9.70. The first-order chi connectivity index (χ1) is 9.08. The van der Waals surface area contributed by atoms with Gasteiger partial charge in [0, 0.05) is 12.1 Å². The van der Waals surface area contributed by atoms with Gasteiger partial charge in [-0.15, -0.1) is 0 Å². The number of aromatic hydroxyl groups is 2. The lowest BCUT2D eigenvalue weighted by Gasteiger charge is -2.11. The molecule has 19 heavy (non-hydrogen) atoms. The molecule has 0 heterocycles. The van der Waals surface area contributed by atoms with E-state index in [0.29, 0.717) is 0 Å². The van der Waals surface area contributed by atoms with Gasteiger partial charge in [-0.3, -0.25) is 21.0 Å². The van der Waals surface area contributed by atoms with Gasteiger partial charge in [0.15, 0.2) is 0 Å². The van der Waals surface area contributed by atoms with E-state index in [4.69, 9.17) is 5.11 Å². The van der Waals surface area contributed by atoms with Crippen LogP contribution in [0.3, 0.4) is 0 Å². The summed E-state index contributed by atoms with van der Waals surface area (Å²) >= 11 is 0. The Labute approximate surface area is 108 Å². The van der Waals surface area contributed by atoms with Crippen LogP contribution in [0.4, 0.5) is 17.1 Å². The third-order valence-electron chi connectivity index (χ3n) is 2.41. The van der Waals surface area contributed by atoms with Gasteiger partial charge in [-0.1, -0.05) is 12.1 Å². The molecular weight excluding hydrogens is 250 g/mol. The second-order valence-electron chi connectivity index (χ2n) is 3.73. The van der Waals surface area contributed by atoms with Gasteiger partial charge in [-0.25, -0.2) is 0 Å². The Kier molecular flexibility index (Phi) is 3.37. The standard InChI is InChI=1S/C12H11N3O4/c16-8-5-6-10(12(17)7-8)14-13-9-3-1-2-4-11(9)15(18)19/h1-7,13-14,16-17H. The maximum atomic E-state index is 10.8. The molecule has 98 valence electrons. The van der Waals surface area contributed by atoms with Crippen LogP contribution in [0.5, 0.6) is 11.5 Å². The molecule has 0 aliphatic rings. The van der Waals surface area contributed by atoms with Gasteiger partial charge in [0.05, 0.1) is 10.6 Å². The molecule has 0 amide bonds. The number of anilines is 2. The Balaban J connectivity index is 2.17. The number of rotatable bonds is 4. The molecule has 0 aliphatic heterocycles. The Morgan fingerprint density at radius 2 is 1.68 bits per heavy atom. The van der Waals surface area contributed by atoms with E-state index in [-0.39, 0.29) is 28.6 Å². The molecule has 0 saturated heterocycles. The maximum absolute atomic E-state index is 10.8. The van der Waals surface area contributed by atoms with E-state index in [1.165, 1.54) is 24.3 Å². The van der Waals surface area contributed by atoms with Gasteiger partial charge in [0.1, 0.15) is 17.2 Å². The van der Waals surface area contributed by atoms with Gasteiger partial charge in [0.25, 0.3) is 5.69 Å². The van der Waals surface area contributed by atoms with Crippen LogP contribution in [-0.4, -0.2) is 15.1 Å². The normalized spacial score (nSPS) is 9.89. The average molecular weight is 261 g/mol. The maximum Gasteiger partial charge on any atom is 0.294 e. The van der Waals surface area contributed by atoms with Crippen molar-refractivity contribution in [2.45, 2.75) is 0 Å². The first-order valence-electron chi connectivity index (χ1n) is 5.35. The van der Waals surface area contributed by atoms with Crippen molar-refractivity contribution in [1.29, 1.82) is 0 Å². The number of phenols is 2. The highest BCUT2D eigenvalue weighted by Crippen LogP contribution is 2.28. The largest absolute Gasteiger partial charge is 0.508 e. The van der Waals surface area contributed by atoms with Crippen molar-refractivity contribution in [3.63, 3.8) is 0 Å². The Morgan fingerprint density at radius 1 is 1.00 bits per heavy atom. The fraction of sp³-hybridized carbons (Fsp3) is 0. The van der Waals surface area contributed by atoms with Crippen molar-refractivity contribution in [3.8, 4) is 11.5 Å². The smallest absolute Gasteiger partial charge is 0.294 e. The molecule has 2 rings (SSSR count). The molecule has 0 spiro atoms. The number of para-hydroxylation sites is 2. The molecule has 0 saturated carbocycles. The van der Waals surface area contributed by atoms with E-state index >= 15 is 0 Å². The molecule has 7 heteroatoms. The minimum Gasteiger partial charge on any atom is -0.508 e. The summed E-state index contributed by atoms with van der Waals surface area (Å²) < 4.78 is 0. The van der Waals surface area contributed by atoms with Gasteiger partial charge in [-0.05, 0) is 18.2 Å². The fourth-order valence-corrected chi connectivity index (χ4v) is 1.50. The van der Waals surface area contributed by atoms with E-state index in [0.717, 1.165) is 6.07 Å². The molecule has 2 aromatic carbocycles. The zero-order valence-corrected chi connectivity index (χ0v) is 9.70. The van der Waals surface area contributed by atoms with Crippen molar-refractivity contribution in [2.75, 3.05) is 10.9 Å². The highest BCUT2D eigenvalue weighted by atomic mass is 16.6. The first kappa shape index (κ1) is 12.5. The van der Waals surface area contributed by atoms with Crippen LogP contribution in [0.1, 0.15) is 0 Å². The molecular formula is C12H11N3O4. The molecule has 2 aromatic rings. The van der Waals surface area contributed by atoms with Crippen LogP contribution >= 0.6 is 0 Å². The van der Waals surface area contributed by atoms with E-state index in [2.05, 4.69) is 10.9 Å². The van der Waals surface area contributed by atoms with E-state index < -0.39 is 4.92 Å². The van der Waals surface area contributed by atoms with Gasteiger partial charge < -0.3 is 10.2 Å². The minimum atomic E-state index is -0.513. The van der Waals surface area contributed by atoms with Crippen molar-refractivity contribution in [1.82, 2.24) is 0 Å². The van der Waals surface area contributed by atoms with Crippen LogP contribution in [-0.2, 0) is 0 Å². The third kappa shape index (κ3) is 2.83. The van der Waals surface area contributed by atoms with Crippen LogP contribution in [0.2, 0.25) is 0 Å². The lowest BCUT2D eigenvalue weighted by molar-refractivity contribution is -0.383. The number of nitro benzene ring substituents is 1. The Morgan fingerprint density at radius 3 is 2.37 bits per heavy atom. The molecule has 0 radical (unpaired) electrons. The number of nitrogens with zero attached hydrogens (tertiary/aromatic N) is 1. The number of phenolic OH excluding ortho intramolecular Hbond substituents is 2. The summed E-state index contributed by atoms with van der Waals surface area (Å²) in [6.45, 7) is 0. The van der Waals surface area contributed by atoms with Gasteiger partial charge >= 0.3 is 0 Å². The Bertz CT molecular complexity index is 616. The number of nitro groups is 1. The predicted molar refractivity (Wildman–Crippen MR) is 70.1 cm³/mol. The molecule has 7 nitrogen and oxygen atoms in total. The predicted octanol–water partition coefficient (Wildman–Crippen LogP) is 2.44. The highest BCUT2D eigenvalue weighted by Gasteiger charge is 2.12. The second kappa shape index (κ2) is 5.13. The van der Waals surface area contributed by atoms with Crippen LogP contribution in [0.25, 0.3) is 0 Å². The number of benzene rings is 2. The van der Waals surface area contributed by atoms with Gasteiger partial charge in [0.2, 0.25) is 0 Å². The molecule has 0 aliphatic carbocycles. The fourth-order valence-electron chi connectivity index (χ4n) is 1.50. The first-order valence-corrected chi connectivity index (χ1v) is 5.35. The lowest BCUT2D eigenvalue weighted by atomic mass is 10.2. The SMILES string of the molecule is O=[N+]([O-])c1ccccc1NNc1ccc(O)cc1O. The summed E-state index contributed by atoms with van der Waals surface area (Å²) in [5.41, 5.74) is 5.74. The van der Waals surface area contributed by atoms with Gasteiger partial charge in [-0.2, -0.15) is 0 Å². The minimum absolute atomic E-state index is 0.0752. The monoisotopic (exact) mass is 261 g/mol. The summed E-state index contributed by atoms with van der Waals surface area (Å²) in [7, 11) is 0. The highest BCUT2D eigenvalue weighted by molar-refractivity contribution is 5.66. The van der Waals surface area contributed by atoms with Crippen molar-refractivity contribution in [2.24, 2.45) is 0 Å². The number of hydrogen-bond acceptors (Lipinski definition) is 6. The summed E-state index contributed by atoms with van der Waals surface area (Å²) in [6.07, 6.45) is 0. The van der Waals surface area contributed by atoms with Crippen LogP contribution in [0.15, 0.2) is 42.5 Å². The molecule has 0 bridgehead atoms. The van der Waals surface area contributed by atoms with Crippen molar-refractivity contribution < 1.29 is 15.1 Å². The van der Waals surface area contributed by atoms with Crippen LogP contribution < -0.4 is 10.9 Å². The summed E-state index contributed by atoms with van der Waals surface area (Å²) in [6, 6.07) is 10.1. The number of hydrazine groups is 1. The topological polar surface area (TPSA) is 108 Å². The van der Waals surface area contributed by atoms with E-state index in [1.54, 1.807) is 12.1 Å². The number of nitrogens with one attached hydrogen (secondary N) is 2. The van der Waals surface area contributed by atoms with Crippen LogP contribution in [0, 0.1) is 10.1 Å². The summed E-state index contributed by atoms with van der Waals surface area (Å²) in [5.74, 6) is -0.250. The molecule has 0 atom stereocenters. The third-order valence-corrected chi connectivity index (χ3v) is 2.41. The van der Waals surface area contributed by atoms with Crippen molar-refractivity contribution >= 4 is 17.1 Å². The zero-order chi connectivity index (χ0) is 13.8. The molecule has 0 aromatic heterocycles. The van der Waals surface area contributed by atoms with E-state index in [9.17, 15) is 15.2 Å². The molecule has 0 fully saturated rings. The van der Waals surface area contributed by atoms with E-state index in [1.807, 2.05) is 0 Å². The average Bonchev–Trinajstić information content (AvgIpc) is 2.38. The number of hydrogen-bond donors (Lipinski definition) is 4. The molecule has 4 N–H and O–H groups in total. The Hall–Kier alpha value is -2.96. The quantitative estimate of drug-likeness (QED) is 0.291. The summed E-state index contributed by atoms with van der Waals surface area (Å²) in [5, 5.41) is 29.5. The molecule has 0 unspecified atom stereocenters. The summed E-state index contributed by atoms with van der Waals surface area (Å²) in [4.78, 5) is 10.3. The second-order valence-corrected chi connectivity index (χ2v) is 3.73. The van der Waals surface area contributed by atoms with Crippen molar-refractivity contribution in [3.05, 3.63) is 52.6 Å². The lowest BCUT2D eigenvalue weighted by Crippen LogP contribution is -2.10.